The molecule has 1 aromatic carbocycles. The van der Waals surface area contributed by atoms with Crippen LogP contribution in [0, 0.1) is 5.82 Å². The Morgan fingerprint density at radius 2 is 2.27 bits per heavy atom. The van der Waals surface area contributed by atoms with E-state index in [1.807, 2.05) is 13.0 Å². The lowest BCUT2D eigenvalue weighted by Crippen LogP contribution is -2.17. The van der Waals surface area contributed by atoms with E-state index in [0.717, 1.165) is 5.56 Å². The summed E-state index contributed by atoms with van der Waals surface area (Å²) in [6, 6.07) is 6.40. The van der Waals surface area contributed by atoms with Gasteiger partial charge in [0.05, 0.1) is 17.9 Å². The highest BCUT2D eigenvalue weighted by molar-refractivity contribution is 9.10. The Bertz CT molecular complexity index is 694. The van der Waals surface area contributed by atoms with Gasteiger partial charge in [0.25, 0.3) is 5.91 Å². The Morgan fingerprint density at radius 3 is 2.95 bits per heavy atom. The molecule has 1 heterocycles. The summed E-state index contributed by atoms with van der Waals surface area (Å²) in [5, 5.41) is 3.00. The minimum Gasteiger partial charge on any atom is -0.478 e. The first kappa shape index (κ1) is 16.2. The van der Waals surface area contributed by atoms with Crippen LogP contribution >= 0.6 is 15.9 Å². The summed E-state index contributed by atoms with van der Waals surface area (Å²) in [4.78, 5) is 15.6. The zero-order chi connectivity index (χ0) is 16.1. The predicted molar refractivity (Wildman–Crippen MR) is 85.4 cm³/mol. The van der Waals surface area contributed by atoms with E-state index in [4.69, 9.17) is 10.5 Å². The Hall–Kier alpha value is -2.15. The molecular formula is C15H15BrFN3O2. The third-order valence-corrected chi connectivity index (χ3v) is 3.36. The highest BCUT2D eigenvalue weighted by Gasteiger charge is 2.16. The fourth-order valence-corrected chi connectivity index (χ4v) is 2.41. The molecule has 1 aromatic heterocycles. The summed E-state index contributed by atoms with van der Waals surface area (Å²) in [5.74, 6) is -1.02. The number of carbonyl (C=O) groups excluding carboxylic acids is 1. The van der Waals surface area contributed by atoms with Gasteiger partial charge in [-0.25, -0.2) is 9.37 Å². The predicted octanol–water partition coefficient (Wildman–Crippen LogP) is 3.09. The highest BCUT2D eigenvalue weighted by Crippen LogP contribution is 2.26. The highest BCUT2D eigenvalue weighted by atomic mass is 79.9. The monoisotopic (exact) mass is 367 g/mol. The van der Waals surface area contributed by atoms with Gasteiger partial charge >= 0.3 is 0 Å². The molecule has 116 valence electrons. The van der Waals surface area contributed by atoms with E-state index in [2.05, 4.69) is 26.2 Å². The largest absolute Gasteiger partial charge is 0.478 e. The molecule has 0 saturated heterocycles. The number of primary amides is 1. The first-order valence-electron chi connectivity index (χ1n) is 6.62. The number of amides is 1. The zero-order valence-corrected chi connectivity index (χ0v) is 13.5. The summed E-state index contributed by atoms with van der Waals surface area (Å²) in [7, 11) is 0. The average Bonchev–Trinajstić information content (AvgIpc) is 2.45. The molecule has 0 aliphatic rings. The molecule has 1 amide bonds. The summed E-state index contributed by atoms with van der Waals surface area (Å²) in [6.07, 6.45) is 1.63. The van der Waals surface area contributed by atoms with Crippen LogP contribution < -0.4 is 15.8 Å². The zero-order valence-electron chi connectivity index (χ0n) is 11.9. The topological polar surface area (TPSA) is 77.2 Å². The number of aromatic nitrogens is 1. The molecule has 22 heavy (non-hydrogen) atoms. The van der Waals surface area contributed by atoms with Crippen LogP contribution in [0.3, 0.4) is 0 Å². The molecule has 0 spiro atoms. The van der Waals surface area contributed by atoms with E-state index >= 15 is 0 Å². The van der Waals surface area contributed by atoms with Crippen molar-refractivity contribution in [3.8, 4) is 5.88 Å². The van der Waals surface area contributed by atoms with Crippen molar-refractivity contribution >= 4 is 27.5 Å². The second-order valence-electron chi connectivity index (χ2n) is 4.43. The quantitative estimate of drug-likeness (QED) is 0.822. The van der Waals surface area contributed by atoms with Gasteiger partial charge in [-0.05, 0) is 25.1 Å². The molecule has 2 rings (SSSR count). The van der Waals surface area contributed by atoms with Crippen LogP contribution in [0.25, 0.3) is 0 Å². The van der Waals surface area contributed by atoms with E-state index in [-0.39, 0.29) is 5.56 Å². The van der Waals surface area contributed by atoms with Gasteiger partial charge in [-0.15, -0.1) is 0 Å². The number of ether oxygens (including phenoxy) is 1. The van der Waals surface area contributed by atoms with Crippen molar-refractivity contribution in [2.24, 2.45) is 5.73 Å². The molecule has 7 heteroatoms. The Labute approximate surface area is 135 Å². The van der Waals surface area contributed by atoms with Crippen molar-refractivity contribution in [1.82, 2.24) is 4.98 Å². The Morgan fingerprint density at radius 1 is 1.50 bits per heavy atom. The van der Waals surface area contributed by atoms with E-state index < -0.39 is 11.7 Å². The number of halogens is 2. The van der Waals surface area contributed by atoms with Crippen LogP contribution in [0.1, 0.15) is 22.8 Å². The number of nitrogens with two attached hydrogens (primary N) is 1. The van der Waals surface area contributed by atoms with Gasteiger partial charge in [0.1, 0.15) is 5.82 Å². The molecule has 0 atom stereocenters. The fraction of sp³-hybridized carbons (Fsp3) is 0.200. The van der Waals surface area contributed by atoms with E-state index in [1.165, 1.54) is 6.07 Å². The van der Waals surface area contributed by atoms with Crippen molar-refractivity contribution in [3.63, 3.8) is 0 Å². The number of carbonyl (C=O) groups is 1. The third-order valence-electron chi connectivity index (χ3n) is 2.90. The number of nitrogens with one attached hydrogen (secondary N) is 1. The molecule has 0 aliphatic heterocycles. The Kier molecular flexibility index (Phi) is 5.32. The lowest BCUT2D eigenvalue weighted by Gasteiger charge is -2.13. The summed E-state index contributed by atoms with van der Waals surface area (Å²) >= 11 is 3.19. The smallest absolute Gasteiger partial charge is 0.253 e. The standard InChI is InChI=1S/C15H15BrFN3O2/c1-2-22-15-9(4-3-5-19-15)8-20-12-7-10(16)6-11(17)13(12)14(18)21/h3-7,20H,2,8H2,1H3,(H2,18,21). The maximum atomic E-state index is 13.9. The maximum absolute atomic E-state index is 13.9. The average molecular weight is 368 g/mol. The summed E-state index contributed by atoms with van der Waals surface area (Å²) < 4.78 is 19.8. The van der Waals surface area contributed by atoms with Gasteiger partial charge in [-0.3, -0.25) is 4.79 Å². The van der Waals surface area contributed by atoms with E-state index in [9.17, 15) is 9.18 Å². The van der Waals surface area contributed by atoms with Gasteiger partial charge < -0.3 is 15.8 Å². The molecule has 0 saturated carbocycles. The molecular weight excluding hydrogens is 353 g/mol. The number of pyridine rings is 1. The maximum Gasteiger partial charge on any atom is 0.253 e. The number of anilines is 1. The van der Waals surface area contributed by atoms with Gasteiger partial charge in [-0.2, -0.15) is 0 Å². The lowest BCUT2D eigenvalue weighted by molar-refractivity contribution is 0.0997. The molecule has 5 nitrogen and oxygen atoms in total. The van der Waals surface area contributed by atoms with Crippen molar-refractivity contribution in [2.75, 3.05) is 11.9 Å². The van der Waals surface area contributed by atoms with Crippen LogP contribution in [0.2, 0.25) is 0 Å². The van der Waals surface area contributed by atoms with Crippen LogP contribution in [0.4, 0.5) is 10.1 Å². The summed E-state index contributed by atoms with van der Waals surface area (Å²) in [5.41, 5.74) is 6.17. The molecule has 2 aromatic rings. The Balaban J connectivity index is 2.27. The molecule has 0 unspecified atom stereocenters. The van der Waals surface area contributed by atoms with Crippen molar-refractivity contribution in [3.05, 3.63) is 51.9 Å². The molecule has 0 aliphatic carbocycles. The van der Waals surface area contributed by atoms with Crippen molar-refractivity contribution in [2.45, 2.75) is 13.5 Å². The van der Waals surface area contributed by atoms with Crippen molar-refractivity contribution in [1.29, 1.82) is 0 Å². The fourth-order valence-electron chi connectivity index (χ4n) is 1.98. The van der Waals surface area contributed by atoms with Gasteiger partial charge in [0.15, 0.2) is 0 Å². The summed E-state index contributed by atoms with van der Waals surface area (Å²) in [6.45, 7) is 2.67. The second kappa shape index (κ2) is 7.22. The minimum absolute atomic E-state index is 0.176. The number of rotatable bonds is 6. The van der Waals surface area contributed by atoms with Crippen molar-refractivity contribution < 1.29 is 13.9 Å². The van der Waals surface area contributed by atoms with Crippen LogP contribution in [-0.4, -0.2) is 17.5 Å². The van der Waals surface area contributed by atoms with Gasteiger partial charge in [0.2, 0.25) is 5.88 Å². The van der Waals surface area contributed by atoms with Crippen LogP contribution in [-0.2, 0) is 6.54 Å². The number of hydrogen-bond acceptors (Lipinski definition) is 4. The van der Waals surface area contributed by atoms with Gasteiger partial charge in [0, 0.05) is 22.8 Å². The second-order valence-corrected chi connectivity index (χ2v) is 5.34. The van der Waals surface area contributed by atoms with Crippen LogP contribution in [0.15, 0.2) is 34.9 Å². The minimum atomic E-state index is -0.830. The molecule has 0 bridgehead atoms. The SMILES string of the molecule is CCOc1ncccc1CNc1cc(Br)cc(F)c1C(N)=O. The molecule has 0 radical (unpaired) electrons. The number of benzene rings is 1. The van der Waals surface area contributed by atoms with Crippen LogP contribution in [0.5, 0.6) is 5.88 Å². The van der Waals surface area contributed by atoms with Gasteiger partial charge in [-0.1, -0.05) is 22.0 Å². The lowest BCUT2D eigenvalue weighted by atomic mass is 10.1. The first-order chi connectivity index (χ1) is 10.5. The van der Waals surface area contributed by atoms with E-state index in [0.29, 0.717) is 29.2 Å². The number of nitrogens with zero attached hydrogens (tertiary/aromatic N) is 1. The molecule has 0 fully saturated rings. The molecule has 3 N–H and O–H groups in total. The first-order valence-corrected chi connectivity index (χ1v) is 7.41. The third kappa shape index (κ3) is 3.73. The number of hydrogen-bond donors (Lipinski definition) is 2. The normalized spacial score (nSPS) is 10.3. The van der Waals surface area contributed by atoms with E-state index in [1.54, 1.807) is 18.3 Å².